The lowest BCUT2D eigenvalue weighted by atomic mass is 9.82. The molecule has 0 amide bonds. The largest absolute Gasteiger partial charge is 0.507 e. The normalized spacial score (nSPS) is 17.7. The van der Waals surface area contributed by atoms with Crippen LogP contribution in [0.4, 0.5) is 5.69 Å². The topological polar surface area (TPSA) is 41.5 Å². The van der Waals surface area contributed by atoms with E-state index in [0.717, 1.165) is 47.3 Å². The molecule has 0 bridgehead atoms. The van der Waals surface area contributed by atoms with E-state index in [-0.39, 0.29) is 6.04 Å². The summed E-state index contributed by atoms with van der Waals surface area (Å²) in [6.45, 7) is 8.56. The minimum Gasteiger partial charge on any atom is -0.507 e. The highest BCUT2D eigenvalue weighted by molar-refractivity contribution is 5.84. The summed E-state index contributed by atoms with van der Waals surface area (Å²) in [6.07, 6.45) is 5.30. The first-order chi connectivity index (χ1) is 15.4. The van der Waals surface area contributed by atoms with Crippen molar-refractivity contribution in [2.24, 2.45) is 0 Å². The van der Waals surface area contributed by atoms with Gasteiger partial charge in [0.2, 0.25) is 0 Å². The summed E-state index contributed by atoms with van der Waals surface area (Å²) >= 11 is 0. The second-order valence-electron chi connectivity index (χ2n) is 9.85. The molecule has 1 atom stereocenters. The highest BCUT2D eigenvalue weighted by atomic mass is 16.5. The Morgan fingerprint density at radius 3 is 2.69 bits per heavy atom. The monoisotopic (exact) mass is 427 g/mol. The first-order valence-electron chi connectivity index (χ1n) is 11.9. The molecule has 0 aliphatic carbocycles. The molecule has 0 aromatic heterocycles. The van der Waals surface area contributed by atoms with Crippen molar-refractivity contribution in [2.45, 2.75) is 71.4 Å². The maximum atomic E-state index is 11.8. The van der Waals surface area contributed by atoms with Crippen LogP contribution in [0.25, 0.3) is 11.1 Å². The maximum Gasteiger partial charge on any atom is 0.132 e. The fourth-order valence-electron chi connectivity index (χ4n) is 5.41. The summed E-state index contributed by atoms with van der Waals surface area (Å²) in [6, 6.07) is 17.2. The number of fused-ring (bicyclic) bond motifs is 4. The van der Waals surface area contributed by atoms with E-state index in [0.29, 0.717) is 5.75 Å². The summed E-state index contributed by atoms with van der Waals surface area (Å²) < 4.78 is 6.51. The maximum absolute atomic E-state index is 11.8. The lowest BCUT2D eigenvalue weighted by Gasteiger charge is -2.36. The number of hydrogen-bond donors (Lipinski definition) is 2. The Kier molecular flexibility index (Phi) is 5.16. The van der Waals surface area contributed by atoms with Crippen LogP contribution < -0.4 is 10.1 Å². The van der Waals surface area contributed by atoms with Crippen LogP contribution in [0.5, 0.6) is 11.5 Å². The number of unbranched alkanes of at least 4 members (excludes halogenated alkanes) is 2. The first kappa shape index (κ1) is 20.9. The first-order valence-corrected chi connectivity index (χ1v) is 11.9. The van der Waals surface area contributed by atoms with Crippen molar-refractivity contribution in [3.63, 3.8) is 0 Å². The van der Waals surface area contributed by atoms with E-state index < -0.39 is 5.60 Å². The molecule has 3 aromatic rings. The fourth-order valence-corrected chi connectivity index (χ4v) is 5.41. The van der Waals surface area contributed by atoms with Gasteiger partial charge in [0.1, 0.15) is 17.1 Å². The van der Waals surface area contributed by atoms with Gasteiger partial charge < -0.3 is 15.2 Å². The van der Waals surface area contributed by atoms with E-state index in [1.54, 1.807) is 0 Å². The summed E-state index contributed by atoms with van der Waals surface area (Å²) in [5, 5.41) is 15.5. The van der Waals surface area contributed by atoms with E-state index in [1.807, 2.05) is 0 Å². The number of benzene rings is 3. The minimum atomic E-state index is -0.438. The molecule has 3 heteroatoms. The molecule has 0 fully saturated rings. The molecular weight excluding hydrogens is 394 g/mol. The molecule has 2 heterocycles. The molecular formula is C29H33NO2. The van der Waals surface area contributed by atoms with Crippen LogP contribution >= 0.6 is 0 Å². The molecule has 2 aliphatic rings. The summed E-state index contributed by atoms with van der Waals surface area (Å²) in [5.41, 5.74) is 8.52. The average Bonchev–Trinajstić information content (AvgIpc) is 3.16. The molecule has 0 saturated carbocycles. The number of nitrogens with one attached hydrogen (secondary N) is 1. The zero-order chi connectivity index (χ0) is 22.5. The molecule has 32 heavy (non-hydrogen) atoms. The number of aryl methyl sites for hydroxylation is 2. The van der Waals surface area contributed by atoms with Crippen molar-refractivity contribution in [1.82, 2.24) is 0 Å². The fraction of sp³-hybridized carbons (Fsp3) is 0.379. The average molecular weight is 428 g/mol. The number of hydrogen-bond acceptors (Lipinski definition) is 3. The molecule has 3 aromatic carbocycles. The Labute approximate surface area is 191 Å². The Bertz CT molecular complexity index is 1150. The predicted octanol–water partition coefficient (Wildman–Crippen LogP) is 7.44. The highest BCUT2D eigenvalue weighted by Gasteiger charge is 2.37. The number of aromatic hydroxyl groups is 1. The van der Waals surface area contributed by atoms with Crippen molar-refractivity contribution in [1.29, 1.82) is 0 Å². The second kappa shape index (κ2) is 7.88. The van der Waals surface area contributed by atoms with E-state index in [1.165, 1.54) is 35.2 Å². The lowest BCUT2D eigenvalue weighted by Crippen LogP contribution is -2.29. The van der Waals surface area contributed by atoms with Gasteiger partial charge in [0.25, 0.3) is 0 Å². The molecule has 3 nitrogen and oxygen atoms in total. The number of phenolic OH excluding ortho intramolecular Hbond substituents is 1. The third-order valence-electron chi connectivity index (χ3n) is 7.02. The molecule has 1 unspecified atom stereocenters. The number of ether oxygens (including phenoxy) is 1. The van der Waals surface area contributed by atoms with Gasteiger partial charge in [-0.25, -0.2) is 0 Å². The van der Waals surface area contributed by atoms with Crippen molar-refractivity contribution in [2.75, 3.05) is 5.32 Å². The number of para-hydroxylation sites is 1. The van der Waals surface area contributed by atoms with Gasteiger partial charge in [0.15, 0.2) is 0 Å². The minimum absolute atomic E-state index is 0.0672. The highest BCUT2D eigenvalue weighted by Crippen LogP contribution is 2.53. The van der Waals surface area contributed by atoms with Crippen molar-refractivity contribution in [3.05, 3.63) is 76.3 Å². The number of phenols is 1. The Hall–Kier alpha value is -2.94. The SMILES string of the molecule is CCCCCc1cc2c(c(O)c1C1Cc3ccccc3N1)-c1cc(C)ccc1C(C)(C)O2. The number of anilines is 1. The van der Waals surface area contributed by atoms with E-state index in [4.69, 9.17) is 4.74 Å². The van der Waals surface area contributed by atoms with Gasteiger partial charge in [-0.2, -0.15) is 0 Å². The van der Waals surface area contributed by atoms with Gasteiger partial charge in [-0.05, 0) is 68.9 Å². The van der Waals surface area contributed by atoms with Crippen LogP contribution in [0.2, 0.25) is 0 Å². The van der Waals surface area contributed by atoms with Crippen LogP contribution in [0.15, 0.2) is 48.5 Å². The third kappa shape index (κ3) is 3.44. The quantitative estimate of drug-likeness (QED) is 0.416. The summed E-state index contributed by atoms with van der Waals surface area (Å²) in [5.74, 6) is 1.18. The summed E-state index contributed by atoms with van der Waals surface area (Å²) in [7, 11) is 0. The van der Waals surface area contributed by atoms with Gasteiger partial charge in [-0.3, -0.25) is 0 Å². The van der Waals surface area contributed by atoms with Gasteiger partial charge in [0, 0.05) is 16.8 Å². The van der Waals surface area contributed by atoms with Crippen LogP contribution in [0.3, 0.4) is 0 Å². The zero-order valence-electron chi connectivity index (χ0n) is 19.6. The molecule has 0 spiro atoms. The predicted molar refractivity (Wildman–Crippen MR) is 132 cm³/mol. The Balaban J connectivity index is 1.68. The Morgan fingerprint density at radius 1 is 1.09 bits per heavy atom. The molecule has 0 radical (unpaired) electrons. The molecule has 2 aliphatic heterocycles. The van der Waals surface area contributed by atoms with Crippen LogP contribution in [0, 0.1) is 6.92 Å². The molecule has 0 saturated heterocycles. The van der Waals surface area contributed by atoms with Gasteiger partial charge in [-0.15, -0.1) is 0 Å². The molecule has 166 valence electrons. The van der Waals surface area contributed by atoms with E-state index in [2.05, 4.69) is 81.5 Å². The van der Waals surface area contributed by atoms with Crippen molar-refractivity contribution in [3.8, 4) is 22.6 Å². The van der Waals surface area contributed by atoms with E-state index in [9.17, 15) is 5.11 Å². The molecule has 5 rings (SSSR count). The van der Waals surface area contributed by atoms with E-state index >= 15 is 0 Å². The third-order valence-corrected chi connectivity index (χ3v) is 7.02. The summed E-state index contributed by atoms with van der Waals surface area (Å²) in [4.78, 5) is 0. The second-order valence-corrected chi connectivity index (χ2v) is 9.85. The van der Waals surface area contributed by atoms with Crippen molar-refractivity contribution >= 4 is 5.69 Å². The zero-order valence-corrected chi connectivity index (χ0v) is 19.6. The molecule has 2 N–H and O–H groups in total. The standard InChI is InChI=1S/C29H33NO2/c1-5-6-7-11-20-17-25-27(21-15-18(2)13-14-22(21)29(3,4)32-25)28(31)26(20)24-16-19-10-8-9-12-23(19)30-24/h8-10,12-15,17,24,30-31H,5-7,11,16H2,1-4H3. The van der Waals surface area contributed by atoms with Crippen molar-refractivity contribution < 1.29 is 9.84 Å². The van der Waals surface area contributed by atoms with Gasteiger partial charge in [-0.1, -0.05) is 61.7 Å². The lowest BCUT2D eigenvalue weighted by molar-refractivity contribution is 0.105. The Morgan fingerprint density at radius 2 is 1.91 bits per heavy atom. The van der Waals surface area contributed by atoms with Crippen LogP contribution in [-0.2, 0) is 18.4 Å². The number of rotatable bonds is 5. The smallest absolute Gasteiger partial charge is 0.132 e. The van der Waals surface area contributed by atoms with Crippen LogP contribution in [0.1, 0.15) is 73.9 Å². The van der Waals surface area contributed by atoms with Gasteiger partial charge in [0.05, 0.1) is 11.6 Å². The van der Waals surface area contributed by atoms with Gasteiger partial charge >= 0.3 is 0 Å². The van der Waals surface area contributed by atoms with Crippen LogP contribution in [-0.4, -0.2) is 5.11 Å².